The van der Waals surface area contributed by atoms with E-state index in [1.165, 1.54) is 22.3 Å². The quantitative estimate of drug-likeness (QED) is 0.549. The van der Waals surface area contributed by atoms with Crippen molar-refractivity contribution in [1.29, 1.82) is 0 Å². The van der Waals surface area contributed by atoms with Crippen molar-refractivity contribution >= 4 is 23.4 Å². The van der Waals surface area contributed by atoms with E-state index in [1.807, 2.05) is 11.3 Å². The van der Waals surface area contributed by atoms with Gasteiger partial charge in [0.2, 0.25) is 0 Å². The second kappa shape index (κ2) is 9.57. The van der Waals surface area contributed by atoms with Gasteiger partial charge >= 0.3 is 0 Å². The van der Waals surface area contributed by atoms with Crippen LogP contribution in [0.3, 0.4) is 0 Å². The lowest BCUT2D eigenvalue weighted by molar-refractivity contribution is -0.122. The Labute approximate surface area is 184 Å². The average Bonchev–Trinajstić information content (AvgIpc) is 3.22. The summed E-state index contributed by atoms with van der Waals surface area (Å²) in [5.41, 5.74) is 2.57. The van der Waals surface area contributed by atoms with E-state index in [9.17, 15) is 9.59 Å². The van der Waals surface area contributed by atoms with Crippen LogP contribution >= 0.6 is 11.3 Å². The lowest BCUT2D eigenvalue weighted by Gasteiger charge is -2.39. The Morgan fingerprint density at radius 1 is 1.17 bits per heavy atom. The molecule has 0 radical (unpaired) electrons. The van der Waals surface area contributed by atoms with E-state index < -0.39 is 0 Å². The summed E-state index contributed by atoms with van der Waals surface area (Å²) in [6.45, 7) is 3.72. The summed E-state index contributed by atoms with van der Waals surface area (Å²) < 4.78 is 0. The van der Waals surface area contributed by atoms with Gasteiger partial charge in [0, 0.05) is 29.3 Å². The van der Waals surface area contributed by atoms with Gasteiger partial charge in [-0.15, -0.1) is 11.3 Å². The summed E-state index contributed by atoms with van der Waals surface area (Å²) in [7, 11) is 0. The fourth-order valence-electron chi connectivity index (χ4n) is 5.50. The van der Waals surface area contributed by atoms with Gasteiger partial charge in [0.15, 0.2) is 0 Å². The molecule has 1 saturated carbocycles. The van der Waals surface area contributed by atoms with Crippen LogP contribution in [0, 0.1) is 11.3 Å². The van der Waals surface area contributed by atoms with Crippen molar-refractivity contribution in [2.24, 2.45) is 11.3 Å². The van der Waals surface area contributed by atoms with Crippen molar-refractivity contribution < 1.29 is 9.59 Å². The maximum absolute atomic E-state index is 12.3. The van der Waals surface area contributed by atoms with Crippen LogP contribution in [-0.4, -0.2) is 30.1 Å². The van der Waals surface area contributed by atoms with Gasteiger partial charge in [-0.1, -0.05) is 43.2 Å². The normalized spacial score (nSPS) is 27.6. The molecule has 2 aliphatic rings. The lowest BCUT2D eigenvalue weighted by Crippen LogP contribution is -2.39. The van der Waals surface area contributed by atoms with Crippen molar-refractivity contribution in [3.05, 3.63) is 57.8 Å². The molecule has 4 heteroatoms. The van der Waals surface area contributed by atoms with Crippen LogP contribution in [0.1, 0.15) is 73.9 Å². The highest BCUT2D eigenvalue weighted by Crippen LogP contribution is 2.41. The molecule has 1 aromatic carbocycles. The Kier molecular flexibility index (Phi) is 6.84. The Bertz CT molecular complexity index is 849. The number of ketones is 1. The third-order valence-electron chi connectivity index (χ3n) is 7.36. The number of thiophene rings is 1. The lowest BCUT2D eigenvalue weighted by atomic mass is 9.72. The summed E-state index contributed by atoms with van der Waals surface area (Å²) >= 11 is 1.87. The Morgan fingerprint density at radius 2 is 1.90 bits per heavy atom. The molecule has 1 atom stereocenters. The third kappa shape index (κ3) is 4.60. The van der Waals surface area contributed by atoms with Crippen molar-refractivity contribution in [3.8, 4) is 0 Å². The summed E-state index contributed by atoms with van der Waals surface area (Å²) in [5.74, 6) is 0.524. The van der Waals surface area contributed by atoms with E-state index in [0.717, 1.165) is 64.5 Å². The molecule has 0 amide bonds. The van der Waals surface area contributed by atoms with Crippen molar-refractivity contribution in [1.82, 2.24) is 4.90 Å². The number of Topliss-reactive ketones (excluding diaryl/α,β-unsaturated/α-hetero) is 1. The molecule has 0 N–H and O–H groups in total. The van der Waals surface area contributed by atoms with Gasteiger partial charge in [-0.3, -0.25) is 9.69 Å². The molecule has 1 aromatic heterocycles. The Hall–Kier alpha value is -1.78. The van der Waals surface area contributed by atoms with E-state index in [1.54, 1.807) is 6.92 Å². The molecule has 0 saturated heterocycles. The third-order valence-corrected chi connectivity index (χ3v) is 8.35. The van der Waals surface area contributed by atoms with Gasteiger partial charge in [-0.05, 0) is 68.0 Å². The first-order chi connectivity index (χ1) is 14.6. The molecule has 3 nitrogen and oxygen atoms in total. The van der Waals surface area contributed by atoms with E-state index in [0.29, 0.717) is 11.8 Å². The highest BCUT2D eigenvalue weighted by atomic mass is 32.1. The average molecular weight is 424 g/mol. The minimum Gasteiger partial charge on any atom is -0.303 e. The van der Waals surface area contributed by atoms with Crippen molar-refractivity contribution in [2.75, 3.05) is 13.1 Å². The summed E-state index contributed by atoms with van der Waals surface area (Å²) in [4.78, 5) is 28.2. The molecule has 0 bridgehead atoms. The first-order valence-corrected chi connectivity index (χ1v) is 12.3. The summed E-state index contributed by atoms with van der Waals surface area (Å²) in [6.07, 6.45) is 8.98. The van der Waals surface area contributed by atoms with Gasteiger partial charge in [0.25, 0.3) is 0 Å². The molecular weight excluding hydrogens is 390 g/mol. The van der Waals surface area contributed by atoms with Crippen molar-refractivity contribution in [3.63, 3.8) is 0 Å². The molecule has 0 spiro atoms. The zero-order valence-electron chi connectivity index (χ0n) is 18.0. The number of benzene rings is 1. The number of rotatable bonds is 6. The zero-order chi connectivity index (χ0) is 21.0. The van der Waals surface area contributed by atoms with E-state index in [2.05, 4.69) is 46.7 Å². The first kappa shape index (κ1) is 21.5. The predicted octanol–water partition coefficient (Wildman–Crippen LogP) is 5.83. The zero-order valence-corrected chi connectivity index (χ0v) is 18.8. The van der Waals surface area contributed by atoms with Gasteiger partial charge in [0.1, 0.15) is 12.1 Å². The molecule has 1 aliphatic heterocycles. The van der Waals surface area contributed by atoms with Crippen LogP contribution in [-0.2, 0) is 16.0 Å². The van der Waals surface area contributed by atoms with Gasteiger partial charge in [0.05, 0.1) is 6.04 Å². The molecule has 2 heterocycles. The van der Waals surface area contributed by atoms with Crippen LogP contribution in [0.2, 0.25) is 0 Å². The van der Waals surface area contributed by atoms with Gasteiger partial charge < -0.3 is 4.79 Å². The van der Waals surface area contributed by atoms with Crippen LogP contribution in [0.15, 0.2) is 41.8 Å². The summed E-state index contributed by atoms with van der Waals surface area (Å²) in [5, 5.41) is 2.22. The standard InChI is InChI=1S/C26H33NO2S/c1-20(29)21-9-5-13-26(19-28,14-6-10-21)15-17-27-16-11-24-23(12-18-30-24)25(27)22-7-3-2-4-8-22/h2-4,7-8,12,18-19,21,25H,5-6,9-11,13-17H2,1H3. The number of carbonyl (C=O) groups excluding carboxylic acids is 2. The van der Waals surface area contributed by atoms with Gasteiger partial charge in [-0.25, -0.2) is 0 Å². The minimum absolute atomic E-state index is 0.205. The molecule has 4 rings (SSSR count). The number of fused-ring (bicyclic) bond motifs is 1. The maximum atomic E-state index is 12.3. The fourth-order valence-corrected chi connectivity index (χ4v) is 6.41. The van der Waals surface area contributed by atoms with Crippen molar-refractivity contribution in [2.45, 2.75) is 64.3 Å². The second-order valence-corrected chi connectivity index (χ2v) is 10.2. The van der Waals surface area contributed by atoms with Crippen LogP contribution < -0.4 is 0 Å². The highest BCUT2D eigenvalue weighted by molar-refractivity contribution is 7.10. The first-order valence-electron chi connectivity index (χ1n) is 11.4. The molecule has 1 fully saturated rings. The number of nitrogens with zero attached hydrogens (tertiary/aromatic N) is 1. The molecule has 2 aromatic rings. The Morgan fingerprint density at radius 3 is 2.57 bits per heavy atom. The van der Waals surface area contributed by atoms with Crippen LogP contribution in [0.4, 0.5) is 0 Å². The van der Waals surface area contributed by atoms with Crippen LogP contribution in [0.5, 0.6) is 0 Å². The molecule has 1 unspecified atom stereocenters. The SMILES string of the molecule is CC(=O)C1CCCC(C=O)(CCN2CCc3sccc3C2c2ccccc2)CCC1. The molecule has 1 aliphatic carbocycles. The second-order valence-electron chi connectivity index (χ2n) is 9.22. The topological polar surface area (TPSA) is 37.4 Å². The number of carbonyl (C=O) groups is 2. The Balaban J connectivity index is 1.48. The van der Waals surface area contributed by atoms with Gasteiger partial charge in [-0.2, -0.15) is 0 Å². The largest absolute Gasteiger partial charge is 0.303 e. The number of hydrogen-bond donors (Lipinski definition) is 0. The predicted molar refractivity (Wildman–Crippen MR) is 123 cm³/mol. The number of aldehydes is 1. The van der Waals surface area contributed by atoms with E-state index in [-0.39, 0.29) is 11.3 Å². The maximum Gasteiger partial charge on any atom is 0.132 e. The van der Waals surface area contributed by atoms with E-state index >= 15 is 0 Å². The highest BCUT2D eigenvalue weighted by Gasteiger charge is 2.35. The fraction of sp³-hybridized carbons (Fsp3) is 0.538. The summed E-state index contributed by atoms with van der Waals surface area (Å²) in [6, 6.07) is 13.4. The van der Waals surface area contributed by atoms with Crippen LogP contribution in [0.25, 0.3) is 0 Å². The molecule has 30 heavy (non-hydrogen) atoms. The molecule has 160 valence electrons. The van der Waals surface area contributed by atoms with E-state index in [4.69, 9.17) is 0 Å². The number of hydrogen-bond acceptors (Lipinski definition) is 4. The molecular formula is C26H33NO2S. The smallest absolute Gasteiger partial charge is 0.132 e. The monoisotopic (exact) mass is 423 g/mol. The minimum atomic E-state index is -0.224.